The zero-order valence-electron chi connectivity index (χ0n) is 13.1. The molecule has 1 unspecified atom stereocenters. The number of nitrogens with one attached hydrogen (secondary N) is 1. The third-order valence-electron chi connectivity index (χ3n) is 3.65. The lowest BCUT2D eigenvalue weighted by Gasteiger charge is -2.18. The minimum atomic E-state index is -0.134. The summed E-state index contributed by atoms with van der Waals surface area (Å²) in [7, 11) is 0. The fraction of sp³-hybridized carbons (Fsp3) is 0.412. The lowest BCUT2D eigenvalue weighted by Crippen LogP contribution is -2.31. The van der Waals surface area contributed by atoms with E-state index >= 15 is 0 Å². The highest BCUT2D eigenvalue weighted by molar-refractivity contribution is 5.92. The van der Waals surface area contributed by atoms with E-state index in [0.29, 0.717) is 18.7 Å². The molecular formula is C17H23N3O2. The van der Waals surface area contributed by atoms with Gasteiger partial charge in [0.2, 0.25) is 0 Å². The molecule has 118 valence electrons. The molecule has 1 atom stereocenters. The minimum absolute atomic E-state index is 0.0966. The van der Waals surface area contributed by atoms with E-state index in [0.717, 1.165) is 5.56 Å². The second-order valence-electron chi connectivity index (χ2n) is 5.58. The van der Waals surface area contributed by atoms with Crippen molar-refractivity contribution in [2.24, 2.45) is 0 Å². The second kappa shape index (κ2) is 7.75. The number of aliphatic hydroxyl groups excluding tert-OH is 1. The predicted octanol–water partition coefficient (Wildman–Crippen LogP) is 2.36. The Hall–Kier alpha value is -2.14. The summed E-state index contributed by atoms with van der Waals surface area (Å²) >= 11 is 0. The summed E-state index contributed by atoms with van der Waals surface area (Å²) in [4.78, 5) is 12.3. The summed E-state index contributed by atoms with van der Waals surface area (Å²) in [5.74, 6) is -0.0318. The Morgan fingerprint density at radius 3 is 2.64 bits per heavy atom. The smallest absolute Gasteiger partial charge is 0.269 e. The first-order valence-corrected chi connectivity index (χ1v) is 7.61. The molecule has 0 bridgehead atoms. The van der Waals surface area contributed by atoms with E-state index < -0.39 is 0 Å². The Kier molecular flexibility index (Phi) is 5.72. The Balaban J connectivity index is 2.03. The van der Waals surface area contributed by atoms with Gasteiger partial charge < -0.3 is 10.4 Å². The molecular weight excluding hydrogens is 278 g/mol. The fourth-order valence-corrected chi connectivity index (χ4v) is 2.48. The molecule has 2 N–H and O–H groups in total. The molecule has 0 saturated carbocycles. The first-order chi connectivity index (χ1) is 10.6. The summed E-state index contributed by atoms with van der Waals surface area (Å²) in [6.45, 7) is 4.57. The lowest BCUT2D eigenvalue weighted by atomic mass is 9.96. The van der Waals surface area contributed by atoms with Gasteiger partial charge in [0.1, 0.15) is 5.69 Å². The molecule has 0 saturated heterocycles. The Morgan fingerprint density at radius 1 is 1.27 bits per heavy atom. The molecule has 1 amide bonds. The molecule has 2 rings (SSSR count). The van der Waals surface area contributed by atoms with Crippen molar-refractivity contribution in [2.75, 3.05) is 13.2 Å². The van der Waals surface area contributed by atoms with Crippen molar-refractivity contribution in [3.05, 3.63) is 53.9 Å². The quantitative estimate of drug-likeness (QED) is 0.825. The van der Waals surface area contributed by atoms with Crippen LogP contribution >= 0.6 is 0 Å². The van der Waals surface area contributed by atoms with E-state index in [9.17, 15) is 9.90 Å². The summed E-state index contributed by atoms with van der Waals surface area (Å²) in [5.41, 5.74) is 1.68. The molecule has 1 aromatic heterocycles. The topological polar surface area (TPSA) is 67.2 Å². The zero-order valence-corrected chi connectivity index (χ0v) is 13.1. The van der Waals surface area contributed by atoms with Gasteiger partial charge in [0, 0.05) is 31.3 Å². The molecule has 2 aromatic rings. The van der Waals surface area contributed by atoms with Crippen molar-refractivity contribution in [2.45, 2.75) is 32.2 Å². The van der Waals surface area contributed by atoms with Crippen LogP contribution in [0.15, 0.2) is 42.6 Å². The molecule has 0 spiro atoms. The maximum absolute atomic E-state index is 12.3. The molecule has 0 aliphatic heterocycles. The molecule has 1 aromatic carbocycles. The number of nitrogens with zero attached hydrogens (tertiary/aromatic N) is 2. The van der Waals surface area contributed by atoms with Crippen LogP contribution in [0.25, 0.3) is 0 Å². The van der Waals surface area contributed by atoms with Gasteiger partial charge in [0.15, 0.2) is 0 Å². The average molecular weight is 301 g/mol. The van der Waals surface area contributed by atoms with E-state index in [1.165, 1.54) is 0 Å². The number of hydrogen-bond acceptors (Lipinski definition) is 3. The third kappa shape index (κ3) is 3.95. The van der Waals surface area contributed by atoms with E-state index in [4.69, 9.17) is 0 Å². The molecule has 0 aliphatic carbocycles. The van der Waals surface area contributed by atoms with E-state index in [1.54, 1.807) is 16.9 Å². The fourth-order valence-electron chi connectivity index (χ4n) is 2.48. The van der Waals surface area contributed by atoms with Crippen molar-refractivity contribution < 1.29 is 9.90 Å². The molecule has 5 nitrogen and oxygen atoms in total. The van der Waals surface area contributed by atoms with Crippen molar-refractivity contribution in [1.82, 2.24) is 15.1 Å². The number of hydrogen-bond donors (Lipinski definition) is 2. The van der Waals surface area contributed by atoms with Crippen molar-refractivity contribution in [3.8, 4) is 0 Å². The van der Waals surface area contributed by atoms with Gasteiger partial charge in [-0.3, -0.25) is 9.48 Å². The number of aliphatic hydroxyl groups is 1. The van der Waals surface area contributed by atoms with Gasteiger partial charge in [0.25, 0.3) is 5.91 Å². The van der Waals surface area contributed by atoms with Crippen LogP contribution in [0.2, 0.25) is 0 Å². The predicted molar refractivity (Wildman–Crippen MR) is 85.8 cm³/mol. The molecule has 22 heavy (non-hydrogen) atoms. The van der Waals surface area contributed by atoms with Gasteiger partial charge in [-0.05, 0) is 31.9 Å². The molecule has 0 radical (unpaired) electrons. The Bertz CT molecular complexity index is 593. The summed E-state index contributed by atoms with van der Waals surface area (Å²) in [5, 5.41) is 16.4. The van der Waals surface area contributed by atoms with Crippen LogP contribution < -0.4 is 5.32 Å². The Labute approximate surface area is 131 Å². The van der Waals surface area contributed by atoms with Crippen molar-refractivity contribution >= 4 is 5.91 Å². The normalized spacial score (nSPS) is 12.4. The number of rotatable bonds is 7. The van der Waals surface area contributed by atoms with Crippen LogP contribution in [0.3, 0.4) is 0 Å². The van der Waals surface area contributed by atoms with Crippen LogP contribution in [-0.4, -0.2) is 33.9 Å². The van der Waals surface area contributed by atoms with Gasteiger partial charge in [-0.2, -0.15) is 5.10 Å². The average Bonchev–Trinajstić information content (AvgIpc) is 3.02. The van der Waals surface area contributed by atoms with Crippen LogP contribution in [0.5, 0.6) is 0 Å². The summed E-state index contributed by atoms with van der Waals surface area (Å²) in [6.07, 6.45) is 2.26. The van der Waals surface area contributed by atoms with Crippen molar-refractivity contribution in [3.63, 3.8) is 0 Å². The standard InChI is InChI=1S/C17H23N3O2/c1-13(2)20-16(8-10-19-20)17(22)18-12-15(9-11-21)14-6-4-3-5-7-14/h3-8,10,13,15,21H,9,11-12H2,1-2H3,(H,18,22). The maximum Gasteiger partial charge on any atom is 0.269 e. The third-order valence-corrected chi connectivity index (χ3v) is 3.65. The number of benzene rings is 1. The van der Waals surface area contributed by atoms with E-state index in [1.807, 2.05) is 44.2 Å². The zero-order chi connectivity index (χ0) is 15.9. The molecule has 0 aliphatic rings. The maximum atomic E-state index is 12.3. The van der Waals surface area contributed by atoms with Gasteiger partial charge in [-0.25, -0.2) is 0 Å². The molecule has 5 heteroatoms. The highest BCUT2D eigenvalue weighted by Gasteiger charge is 2.16. The first kappa shape index (κ1) is 16.2. The van der Waals surface area contributed by atoms with Crippen molar-refractivity contribution in [1.29, 1.82) is 0 Å². The molecule has 1 heterocycles. The SMILES string of the molecule is CC(C)n1nccc1C(=O)NCC(CCO)c1ccccc1. The van der Waals surface area contributed by atoms with E-state index in [-0.39, 0.29) is 24.5 Å². The molecule has 0 fully saturated rings. The van der Waals surface area contributed by atoms with Gasteiger partial charge in [-0.15, -0.1) is 0 Å². The largest absolute Gasteiger partial charge is 0.396 e. The first-order valence-electron chi connectivity index (χ1n) is 7.61. The summed E-state index contributed by atoms with van der Waals surface area (Å²) < 4.78 is 1.71. The number of carbonyl (C=O) groups is 1. The highest BCUT2D eigenvalue weighted by atomic mass is 16.3. The van der Waals surface area contributed by atoms with Crippen LogP contribution in [0.4, 0.5) is 0 Å². The van der Waals surface area contributed by atoms with E-state index in [2.05, 4.69) is 10.4 Å². The van der Waals surface area contributed by atoms with Gasteiger partial charge in [-0.1, -0.05) is 30.3 Å². The Morgan fingerprint density at radius 2 is 2.00 bits per heavy atom. The van der Waals surface area contributed by atoms with Gasteiger partial charge >= 0.3 is 0 Å². The van der Waals surface area contributed by atoms with Crippen LogP contribution in [0.1, 0.15) is 48.3 Å². The highest BCUT2D eigenvalue weighted by Crippen LogP contribution is 2.18. The lowest BCUT2D eigenvalue weighted by molar-refractivity contribution is 0.0936. The number of carbonyl (C=O) groups excluding carboxylic acids is 1. The number of aromatic nitrogens is 2. The summed E-state index contributed by atoms with van der Waals surface area (Å²) in [6, 6.07) is 11.8. The minimum Gasteiger partial charge on any atom is -0.396 e. The van der Waals surface area contributed by atoms with Crippen LogP contribution in [-0.2, 0) is 0 Å². The second-order valence-corrected chi connectivity index (χ2v) is 5.58. The number of amides is 1. The van der Waals surface area contributed by atoms with Gasteiger partial charge in [0.05, 0.1) is 0 Å². The van der Waals surface area contributed by atoms with Crippen LogP contribution in [0, 0.1) is 0 Å². The monoisotopic (exact) mass is 301 g/mol.